The molecule has 0 saturated carbocycles. The van der Waals surface area contributed by atoms with Gasteiger partial charge in [-0.15, -0.1) is 0 Å². The summed E-state index contributed by atoms with van der Waals surface area (Å²) in [5.74, 6) is 1.34. The van der Waals surface area contributed by atoms with Crippen molar-refractivity contribution in [1.29, 1.82) is 0 Å². The SMILES string of the molecule is Cc1ncc(CCCc2cccc3ccccc23)c(N)n1. The van der Waals surface area contributed by atoms with Crippen LogP contribution in [-0.2, 0) is 12.8 Å². The second kappa shape index (κ2) is 5.92. The summed E-state index contributed by atoms with van der Waals surface area (Å²) in [5.41, 5.74) is 8.37. The van der Waals surface area contributed by atoms with E-state index < -0.39 is 0 Å². The molecule has 1 heterocycles. The summed E-state index contributed by atoms with van der Waals surface area (Å²) in [6, 6.07) is 15.0. The highest BCUT2D eigenvalue weighted by atomic mass is 14.9. The van der Waals surface area contributed by atoms with Crippen LogP contribution >= 0.6 is 0 Å². The highest BCUT2D eigenvalue weighted by Gasteiger charge is 2.04. The molecule has 3 aromatic rings. The van der Waals surface area contributed by atoms with E-state index in [9.17, 15) is 0 Å². The Morgan fingerprint density at radius 1 is 0.952 bits per heavy atom. The molecule has 106 valence electrons. The summed E-state index contributed by atoms with van der Waals surface area (Å²) in [6.07, 6.45) is 4.84. The molecule has 0 amide bonds. The van der Waals surface area contributed by atoms with Crippen LogP contribution in [0.1, 0.15) is 23.4 Å². The molecule has 0 unspecified atom stereocenters. The highest BCUT2D eigenvalue weighted by molar-refractivity contribution is 5.85. The van der Waals surface area contributed by atoms with Crippen molar-refractivity contribution in [3.8, 4) is 0 Å². The lowest BCUT2D eigenvalue weighted by atomic mass is 9.99. The Bertz CT molecular complexity index is 760. The fourth-order valence-corrected chi connectivity index (χ4v) is 2.68. The van der Waals surface area contributed by atoms with E-state index in [-0.39, 0.29) is 0 Å². The van der Waals surface area contributed by atoms with Gasteiger partial charge in [-0.3, -0.25) is 0 Å². The van der Waals surface area contributed by atoms with Crippen LogP contribution in [0.25, 0.3) is 10.8 Å². The van der Waals surface area contributed by atoms with E-state index in [0.29, 0.717) is 5.82 Å². The number of nitrogens with two attached hydrogens (primary N) is 1. The zero-order chi connectivity index (χ0) is 14.7. The van der Waals surface area contributed by atoms with Crippen molar-refractivity contribution in [3.05, 3.63) is 65.6 Å². The Morgan fingerprint density at radius 3 is 2.57 bits per heavy atom. The van der Waals surface area contributed by atoms with Crippen LogP contribution in [0.15, 0.2) is 48.7 Å². The first-order valence-electron chi connectivity index (χ1n) is 7.28. The molecular formula is C18H19N3. The average molecular weight is 277 g/mol. The van der Waals surface area contributed by atoms with E-state index in [1.807, 2.05) is 13.1 Å². The van der Waals surface area contributed by atoms with Crippen LogP contribution < -0.4 is 5.73 Å². The van der Waals surface area contributed by atoms with Gasteiger partial charge in [-0.05, 0) is 42.5 Å². The normalized spacial score (nSPS) is 10.9. The summed E-state index contributed by atoms with van der Waals surface area (Å²) >= 11 is 0. The molecule has 0 saturated heterocycles. The van der Waals surface area contributed by atoms with Crippen LogP contribution in [0.2, 0.25) is 0 Å². The van der Waals surface area contributed by atoms with Crippen LogP contribution in [0.5, 0.6) is 0 Å². The first-order valence-corrected chi connectivity index (χ1v) is 7.28. The fourth-order valence-electron chi connectivity index (χ4n) is 2.68. The van der Waals surface area contributed by atoms with Gasteiger partial charge in [-0.2, -0.15) is 0 Å². The number of fused-ring (bicyclic) bond motifs is 1. The number of benzene rings is 2. The third-order valence-electron chi connectivity index (χ3n) is 3.79. The molecule has 0 bridgehead atoms. The molecule has 1 aromatic heterocycles. The predicted molar refractivity (Wildman–Crippen MR) is 87.2 cm³/mol. The van der Waals surface area contributed by atoms with Crippen LogP contribution in [-0.4, -0.2) is 9.97 Å². The van der Waals surface area contributed by atoms with Crippen LogP contribution in [0, 0.1) is 6.92 Å². The number of anilines is 1. The summed E-state index contributed by atoms with van der Waals surface area (Å²) in [4.78, 5) is 8.44. The Hall–Kier alpha value is -2.42. The Morgan fingerprint density at radius 2 is 1.71 bits per heavy atom. The van der Waals surface area contributed by atoms with E-state index in [2.05, 4.69) is 52.4 Å². The predicted octanol–water partition coefficient (Wildman–Crippen LogP) is 3.70. The number of rotatable bonds is 4. The van der Waals surface area contributed by atoms with Crippen LogP contribution in [0.3, 0.4) is 0 Å². The van der Waals surface area contributed by atoms with Gasteiger partial charge in [0.2, 0.25) is 0 Å². The Kier molecular flexibility index (Phi) is 3.82. The largest absolute Gasteiger partial charge is 0.383 e. The molecule has 21 heavy (non-hydrogen) atoms. The summed E-state index contributed by atoms with van der Waals surface area (Å²) in [6.45, 7) is 1.86. The van der Waals surface area contributed by atoms with Gasteiger partial charge < -0.3 is 5.73 Å². The van der Waals surface area contributed by atoms with Crippen molar-refractivity contribution in [2.75, 3.05) is 5.73 Å². The van der Waals surface area contributed by atoms with Crippen molar-refractivity contribution < 1.29 is 0 Å². The van der Waals surface area contributed by atoms with Crippen molar-refractivity contribution in [3.63, 3.8) is 0 Å². The number of nitrogens with zero attached hydrogens (tertiary/aromatic N) is 2. The van der Waals surface area contributed by atoms with Gasteiger partial charge >= 0.3 is 0 Å². The lowest BCUT2D eigenvalue weighted by Crippen LogP contribution is -2.02. The molecule has 0 aliphatic heterocycles. The molecular weight excluding hydrogens is 258 g/mol. The molecule has 0 spiro atoms. The molecule has 0 radical (unpaired) electrons. The van der Waals surface area contributed by atoms with Gasteiger partial charge in [0.15, 0.2) is 0 Å². The fraction of sp³-hybridized carbons (Fsp3) is 0.222. The average Bonchev–Trinajstić information content (AvgIpc) is 2.50. The molecule has 0 aliphatic carbocycles. The molecule has 0 aliphatic rings. The Labute approximate surface area is 124 Å². The van der Waals surface area contributed by atoms with Gasteiger partial charge in [0, 0.05) is 11.8 Å². The van der Waals surface area contributed by atoms with Crippen molar-refractivity contribution >= 4 is 16.6 Å². The lowest BCUT2D eigenvalue weighted by Gasteiger charge is -2.08. The highest BCUT2D eigenvalue weighted by Crippen LogP contribution is 2.20. The molecule has 0 atom stereocenters. The maximum Gasteiger partial charge on any atom is 0.130 e. The maximum absolute atomic E-state index is 5.94. The monoisotopic (exact) mass is 277 g/mol. The van der Waals surface area contributed by atoms with Gasteiger partial charge in [0.25, 0.3) is 0 Å². The lowest BCUT2D eigenvalue weighted by molar-refractivity contribution is 0.815. The minimum absolute atomic E-state index is 0.611. The summed E-state index contributed by atoms with van der Waals surface area (Å²) in [7, 11) is 0. The number of nitrogen functional groups attached to an aromatic ring is 1. The zero-order valence-corrected chi connectivity index (χ0v) is 12.2. The first-order chi connectivity index (χ1) is 10.2. The molecule has 2 N–H and O–H groups in total. The van der Waals surface area contributed by atoms with Gasteiger partial charge in [0.05, 0.1) is 0 Å². The first kappa shape index (κ1) is 13.6. The minimum Gasteiger partial charge on any atom is -0.383 e. The molecule has 3 rings (SSSR count). The second-order valence-corrected chi connectivity index (χ2v) is 5.32. The molecule has 3 nitrogen and oxygen atoms in total. The van der Waals surface area contributed by atoms with E-state index in [1.165, 1.54) is 16.3 Å². The number of hydrogen-bond donors (Lipinski definition) is 1. The van der Waals surface area contributed by atoms with Crippen molar-refractivity contribution in [1.82, 2.24) is 9.97 Å². The number of hydrogen-bond acceptors (Lipinski definition) is 3. The number of aryl methyl sites for hydroxylation is 3. The quantitative estimate of drug-likeness (QED) is 0.791. The molecule has 3 heteroatoms. The van der Waals surface area contributed by atoms with Gasteiger partial charge in [0.1, 0.15) is 11.6 Å². The van der Waals surface area contributed by atoms with Gasteiger partial charge in [-0.25, -0.2) is 9.97 Å². The molecule has 0 fully saturated rings. The standard InChI is InChI=1S/C18H19N3/c1-13-20-12-16(18(19)21-13)10-5-9-15-8-4-7-14-6-2-3-11-17(14)15/h2-4,6-8,11-12H,5,9-10H2,1H3,(H2,19,20,21). The van der Waals surface area contributed by atoms with Crippen LogP contribution in [0.4, 0.5) is 5.82 Å². The second-order valence-electron chi connectivity index (χ2n) is 5.32. The van der Waals surface area contributed by atoms with Gasteiger partial charge in [-0.1, -0.05) is 42.5 Å². The maximum atomic E-state index is 5.94. The Balaban J connectivity index is 1.72. The van der Waals surface area contributed by atoms with E-state index >= 15 is 0 Å². The smallest absolute Gasteiger partial charge is 0.130 e. The van der Waals surface area contributed by atoms with Crippen molar-refractivity contribution in [2.45, 2.75) is 26.2 Å². The van der Waals surface area contributed by atoms with Crippen molar-refractivity contribution in [2.24, 2.45) is 0 Å². The number of aromatic nitrogens is 2. The van der Waals surface area contributed by atoms with E-state index in [1.54, 1.807) is 0 Å². The summed E-state index contributed by atoms with van der Waals surface area (Å²) in [5, 5.41) is 2.64. The summed E-state index contributed by atoms with van der Waals surface area (Å²) < 4.78 is 0. The third-order valence-corrected chi connectivity index (χ3v) is 3.79. The topological polar surface area (TPSA) is 51.8 Å². The third kappa shape index (κ3) is 3.02. The van der Waals surface area contributed by atoms with E-state index in [0.717, 1.165) is 30.7 Å². The minimum atomic E-state index is 0.611. The molecule has 2 aromatic carbocycles. The van der Waals surface area contributed by atoms with E-state index in [4.69, 9.17) is 5.73 Å². The zero-order valence-electron chi connectivity index (χ0n) is 12.2.